The summed E-state index contributed by atoms with van der Waals surface area (Å²) in [6, 6.07) is 10.5. The van der Waals surface area contributed by atoms with Gasteiger partial charge >= 0.3 is 0 Å². The van der Waals surface area contributed by atoms with Gasteiger partial charge in [0.25, 0.3) is 0 Å². The normalized spacial score (nSPS) is 23.8. The summed E-state index contributed by atoms with van der Waals surface area (Å²) < 4.78 is 0. The Balaban J connectivity index is 1.56. The number of amides is 1. The Morgan fingerprint density at radius 1 is 1.22 bits per heavy atom. The van der Waals surface area contributed by atoms with Gasteiger partial charge in [0.2, 0.25) is 5.91 Å². The highest BCUT2D eigenvalue weighted by Gasteiger charge is 2.36. The van der Waals surface area contributed by atoms with Crippen LogP contribution in [0.5, 0.6) is 0 Å². The van der Waals surface area contributed by atoms with Gasteiger partial charge in [-0.1, -0.05) is 42.5 Å². The number of hydrogen-bond acceptors (Lipinski definition) is 2. The molecule has 0 radical (unpaired) electrons. The SMILES string of the molecule is O=C(C1CC1)N1CCC(C=Cc2ccccc2)N1. The van der Waals surface area contributed by atoms with E-state index in [0.717, 1.165) is 25.8 Å². The summed E-state index contributed by atoms with van der Waals surface area (Å²) in [5.41, 5.74) is 4.48. The molecule has 1 aromatic carbocycles. The lowest BCUT2D eigenvalue weighted by molar-refractivity contribution is -0.134. The number of hydrogen-bond donors (Lipinski definition) is 1. The van der Waals surface area contributed by atoms with Crippen LogP contribution in [0.4, 0.5) is 0 Å². The third-order valence-electron chi connectivity index (χ3n) is 3.50. The van der Waals surface area contributed by atoms with Crippen molar-refractivity contribution in [1.82, 2.24) is 10.4 Å². The van der Waals surface area contributed by atoms with E-state index in [2.05, 4.69) is 29.7 Å². The number of rotatable bonds is 3. The number of nitrogens with one attached hydrogen (secondary N) is 1. The number of carbonyl (C=O) groups is 1. The van der Waals surface area contributed by atoms with E-state index in [1.807, 2.05) is 18.2 Å². The van der Waals surface area contributed by atoms with Gasteiger partial charge in [0.15, 0.2) is 0 Å². The van der Waals surface area contributed by atoms with Crippen LogP contribution in [0.25, 0.3) is 6.08 Å². The molecule has 1 saturated carbocycles. The monoisotopic (exact) mass is 242 g/mol. The van der Waals surface area contributed by atoms with Crippen molar-refractivity contribution in [3.63, 3.8) is 0 Å². The molecule has 0 bridgehead atoms. The molecule has 3 rings (SSSR count). The predicted molar refractivity (Wildman–Crippen MR) is 71.5 cm³/mol. The molecular formula is C15H18N2O. The first-order valence-corrected chi connectivity index (χ1v) is 6.64. The Morgan fingerprint density at radius 3 is 2.72 bits per heavy atom. The maximum absolute atomic E-state index is 11.9. The summed E-state index contributed by atoms with van der Waals surface area (Å²) in [6.45, 7) is 0.832. The van der Waals surface area contributed by atoms with Gasteiger partial charge in [0.05, 0.1) is 0 Å². The summed E-state index contributed by atoms with van der Waals surface area (Å²) in [4.78, 5) is 11.9. The largest absolute Gasteiger partial charge is 0.277 e. The molecular weight excluding hydrogens is 224 g/mol. The summed E-state index contributed by atoms with van der Waals surface area (Å²) in [7, 11) is 0. The predicted octanol–water partition coefficient (Wildman–Crippen LogP) is 2.22. The van der Waals surface area contributed by atoms with Gasteiger partial charge in [-0.15, -0.1) is 0 Å². The molecule has 3 heteroatoms. The first-order valence-electron chi connectivity index (χ1n) is 6.64. The molecule has 2 aliphatic rings. The summed E-state index contributed by atoms with van der Waals surface area (Å²) in [6.07, 6.45) is 7.41. The molecule has 1 unspecified atom stereocenters. The van der Waals surface area contributed by atoms with Crippen molar-refractivity contribution in [3.8, 4) is 0 Å². The van der Waals surface area contributed by atoms with Crippen molar-refractivity contribution in [1.29, 1.82) is 0 Å². The first kappa shape index (κ1) is 11.5. The van der Waals surface area contributed by atoms with E-state index in [4.69, 9.17) is 0 Å². The van der Waals surface area contributed by atoms with Crippen molar-refractivity contribution in [3.05, 3.63) is 42.0 Å². The van der Waals surface area contributed by atoms with Crippen LogP contribution in [0.3, 0.4) is 0 Å². The molecule has 1 aromatic rings. The van der Waals surface area contributed by atoms with Crippen LogP contribution in [0.1, 0.15) is 24.8 Å². The van der Waals surface area contributed by atoms with Gasteiger partial charge in [-0.3, -0.25) is 9.80 Å². The standard InChI is InChI=1S/C15H18N2O/c18-15(13-7-8-13)17-11-10-14(16-17)9-6-12-4-2-1-3-5-12/h1-6,9,13-14,16H,7-8,10-11H2. The van der Waals surface area contributed by atoms with Crippen molar-refractivity contribution in [2.75, 3.05) is 6.54 Å². The van der Waals surface area contributed by atoms with Crippen molar-refractivity contribution >= 4 is 12.0 Å². The van der Waals surface area contributed by atoms with Crippen molar-refractivity contribution < 1.29 is 4.79 Å². The van der Waals surface area contributed by atoms with Crippen molar-refractivity contribution in [2.45, 2.75) is 25.3 Å². The van der Waals surface area contributed by atoms with Crippen LogP contribution in [-0.2, 0) is 4.79 Å². The minimum Gasteiger partial charge on any atom is -0.277 e. The molecule has 1 atom stereocenters. The zero-order valence-corrected chi connectivity index (χ0v) is 10.4. The second-order valence-electron chi connectivity index (χ2n) is 5.06. The van der Waals surface area contributed by atoms with Crippen LogP contribution >= 0.6 is 0 Å². The molecule has 0 spiro atoms. The van der Waals surface area contributed by atoms with E-state index in [0.29, 0.717) is 5.92 Å². The van der Waals surface area contributed by atoms with E-state index < -0.39 is 0 Å². The third-order valence-corrected chi connectivity index (χ3v) is 3.50. The second kappa shape index (κ2) is 4.94. The van der Waals surface area contributed by atoms with Crippen LogP contribution in [0.2, 0.25) is 0 Å². The average molecular weight is 242 g/mol. The van der Waals surface area contributed by atoms with E-state index in [1.165, 1.54) is 5.56 Å². The molecule has 0 aromatic heterocycles. The zero-order chi connectivity index (χ0) is 12.4. The minimum atomic E-state index is 0.283. The summed E-state index contributed by atoms with van der Waals surface area (Å²) in [5.74, 6) is 0.583. The van der Waals surface area contributed by atoms with Gasteiger partial charge in [-0.2, -0.15) is 0 Å². The number of nitrogens with zero attached hydrogens (tertiary/aromatic N) is 1. The fourth-order valence-corrected chi connectivity index (χ4v) is 2.25. The maximum Gasteiger partial charge on any atom is 0.239 e. The van der Waals surface area contributed by atoms with Gasteiger partial charge < -0.3 is 0 Å². The number of hydrazine groups is 1. The number of benzene rings is 1. The van der Waals surface area contributed by atoms with Crippen LogP contribution in [0.15, 0.2) is 36.4 Å². The quantitative estimate of drug-likeness (QED) is 0.881. The van der Waals surface area contributed by atoms with Crippen molar-refractivity contribution in [2.24, 2.45) is 5.92 Å². The van der Waals surface area contributed by atoms with Gasteiger partial charge in [-0.25, -0.2) is 5.43 Å². The minimum absolute atomic E-state index is 0.283. The highest BCUT2D eigenvalue weighted by Crippen LogP contribution is 2.31. The highest BCUT2D eigenvalue weighted by atomic mass is 16.2. The van der Waals surface area contributed by atoms with E-state index in [-0.39, 0.29) is 11.9 Å². The van der Waals surface area contributed by atoms with Crippen LogP contribution in [-0.4, -0.2) is 23.5 Å². The smallest absolute Gasteiger partial charge is 0.239 e. The highest BCUT2D eigenvalue weighted by molar-refractivity contribution is 5.80. The number of carbonyl (C=O) groups excluding carboxylic acids is 1. The molecule has 1 saturated heterocycles. The first-order chi connectivity index (χ1) is 8.83. The lowest BCUT2D eigenvalue weighted by atomic mass is 10.1. The van der Waals surface area contributed by atoms with E-state index in [9.17, 15) is 4.79 Å². The van der Waals surface area contributed by atoms with Gasteiger partial charge in [-0.05, 0) is 24.8 Å². The van der Waals surface area contributed by atoms with E-state index in [1.54, 1.807) is 5.01 Å². The Hall–Kier alpha value is -1.61. The molecule has 3 nitrogen and oxygen atoms in total. The molecule has 18 heavy (non-hydrogen) atoms. The fraction of sp³-hybridized carbons (Fsp3) is 0.400. The Morgan fingerprint density at radius 2 is 2.00 bits per heavy atom. The lowest BCUT2D eigenvalue weighted by Gasteiger charge is -2.16. The van der Waals surface area contributed by atoms with Gasteiger partial charge in [0, 0.05) is 18.5 Å². The third kappa shape index (κ3) is 2.62. The summed E-state index contributed by atoms with van der Waals surface area (Å²) >= 11 is 0. The Labute approximate surface area is 107 Å². The molecule has 1 heterocycles. The molecule has 1 aliphatic carbocycles. The zero-order valence-electron chi connectivity index (χ0n) is 10.4. The second-order valence-corrected chi connectivity index (χ2v) is 5.06. The molecule has 2 fully saturated rings. The summed E-state index contributed by atoms with van der Waals surface area (Å²) in [5, 5.41) is 1.80. The molecule has 94 valence electrons. The lowest BCUT2D eigenvalue weighted by Crippen LogP contribution is -2.40. The Kier molecular flexibility index (Phi) is 3.15. The topological polar surface area (TPSA) is 32.3 Å². The average Bonchev–Trinajstić information content (AvgIpc) is 3.15. The molecule has 1 N–H and O–H groups in total. The maximum atomic E-state index is 11.9. The fourth-order valence-electron chi connectivity index (χ4n) is 2.25. The van der Waals surface area contributed by atoms with E-state index >= 15 is 0 Å². The van der Waals surface area contributed by atoms with Crippen LogP contribution in [0, 0.1) is 5.92 Å². The molecule has 1 amide bonds. The van der Waals surface area contributed by atoms with Gasteiger partial charge in [0.1, 0.15) is 0 Å². The Bertz CT molecular complexity index is 451. The molecule has 1 aliphatic heterocycles. The van der Waals surface area contributed by atoms with Crippen LogP contribution < -0.4 is 5.43 Å².